The molecule has 1 aliphatic heterocycles. The summed E-state index contributed by atoms with van der Waals surface area (Å²) in [4.78, 5) is 61.5. The summed E-state index contributed by atoms with van der Waals surface area (Å²) in [6, 6.07) is 6.97. The Hall–Kier alpha value is -4.67. The number of nitrogens with one attached hydrogen (secondary N) is 1. The molecule has 1 aliphatic rings. The number of carbonyl (C=O) groups is 2. The summed E-state index contributed by atoms with van der Waals surface area (Å²) in [6.07, 6.45) is 2.87. The van der Waals surface area contributed by atoms with E-state index in [4.69, 9.17) is 14.2 Å². The quantitative estimate of drug-likeness (QED) is 0.293. The van der Waals surface area contributed by atoms with Crippen molar-refractivity contribution in [3.8, 4) is 28.5 Å². The summed E-state index contributed by atoms with van der Waals surface area (Å²) in [5.41, 5.74) is 0.782. The minimum absolute atomic E-state index is 0.155. The van der Waals surface area contributed by atoms with Crippen molar-refractivity contribution < 1.29 is 23.8 Å². The van der Waals surface area contributed by atoms with Crippen molar-refractivity contribution in [3.63, 3.8) is 0 Å². The Bertz CT molecular complexity index is 1590. The number of fused-ring (bicyclic) bond motifs is 1. The number of ether oxygens (including phenoxy) is 3. The molecule has 11 nitrogen and oxygen atoms in total. The molecule has 1 saturated heterocycles. The molecule has 4 aromatic rings. The first-order chi connectivity index (χ1) is 17.9. The molecule has 3 heterocycles. The van der Waals surface area contributed by atoms with E-state index in [0.29, 0.717) is 52.3 Å². The van der Waals surface area contributed by atoms with Crippen LogP contribution >= 0.6 is 0 Å². The molecule has 1 N–H and O–H groups in total. The molecule has 2 aromatic heterocycles. The van der Waals surface area contributed by atoms with Crippen LogP contribution in [-0.4, -0.2) is 74.1 Å². The van der Waals surface area contributed by atoms with E-state index in [0.717, 1.165) is 0 Å². The van der Waals surface area contributed by atoms with Gasteiger partial charge in [-0.2, -0.15) is 0 Å². The third kappa shape index (κ3) is 3.88. The van der Waals surface area contributed by atoms with Crippen LogP contribution in [0.2, 0.25) is 0 Å². The van der Waals surface area contributed by atoms with Crippen LogP contribution in [0.3, 0.4) is 0 Å². The number of aromatic amines is 1. The first-order valence-electron chi connectivity index (χ1n) is 11.5. The lowest BCUT2D eigenvalue weighted by Gasteiger charge is -2.36. The molecule has 0 atom stereocenters. The molecule has 0 spiro atoms. The maximum absolute atomic E-state index is 13.2. The molecule has 11 heteroatoms. The largest absolute Gasteiger partial charge is 0.497 e. The summed E-state index contributed by atoms with van der Waals surface area (Å²) in [5.74, 6) is -0.180. The number of benzene rings is 1. The number of ketones is 1. The zero-order valence-electron chi connectivity index (χ0n) is 20.5. The maximum Gasteiger partial charge on any atom is 0.295 e. The number of hydrogen-bond donors (Lipinski definition) is 1. The molecule has 1 fully saturated rings. The van der Waals surface area contributed by atoms with Crippen molar-refractivity contribution >= 4 is 28.3 Å². The molecule has 0 unspecified atom stereocenters. The van der Waals surface area contributed by atoms with Crippen molar-refractivity contribution in [2.45, 2.75) is 0 Å². The number of nitrogens with zero attached hydrogens (tertiary/aromatic N) is 3. The van der Waals surface area contributed by atoms with Crippen LogP contribution in [0, 0.1) is 0 Å². The highest BCUT2D eigenvalue weighted by atomic mass is 16.5. The van der Waals surface area contributed by atoms with Crippen molar-refractivity contribution in [3.05, 3.63) is 62.7 Å². The van der Waals surface area contributed by atoms with Crippen molar-refractivity contribution in [2.24, 2.45) is 0 Å². The highest BCUT2D eigenvalue weighted by molar-refractivity contribution is 6.45. The second kappa shape index (κ2) is 9.41. The predicted molar refractivity (Wildman–Crippen MR) is 136 cm³/mol. The van der Waals surface area contributed by atoms with Gasteiger partial charge < -0.3 is 29.0 Å². The molecular formula is C26H24N4O7. The number of hydrogen-bond acceptors (Lipinski definition) is 9. The van der Waals surface area contributed by atoms with E-state index in [1.807, 2.05) is 0 Å². The fourth-order valence-electron chi connectivity index (χ4n) is 4.70. The van der Waals surface area contributed by atoms with Gasteiger partial charge in [0.25, 0.3) is 11.7 Å². The lowest BCUT2D eigenvalue weighted by molar-refractivity contribution is -0.126. The number of methoxy groups -OCH3 is 3. The molecule has 5 rings (SSSR count). The van der Waals surface area contributed by atoms with E-state index in [1.54, 1.807) is 29.2 Å². The number of piperazine rings is 1. The molecule has 0 radical (unpaired) electrons. The van der Waals surface area contributed by atoms with Crippen LogP contribution < -0.4 is 30.0 Å². The fraction of sp³-hybridized carbons (Fsp3) is 0.269. The van der Waals surface area contributed by atoms with Crippen LogP contribution in [-0.2, 0) is 4.79 Å². The SMILES string of the molecule is COc1cccc(-c2c(N3CCN(C(=O)C(=O)c4c[nH]c5c(OC)ncc(OC)c45)CC3)c(=O)c2=O)c1. The first-order valence-corrected chi connectivity index (χ1v) is 11.5. The van der Waals surface area contributed by atoms with E-state index >= 15 is 0 Å². The van der Waals surface area contributed by atoms with E-state index in [1.165, 1.54) is 38.6 Å². The van der Waals surface area contributed by atoms with Gasteiger partial charge in [0.1, 0.15) is 22.7 Å². The highest BCUT2D eigenvalue weighted by Gasteiger charge is 2.33. The standard InChI is InChI=1S/C26H24N4O7/c1-35-15-6-4-5-14(11-15)18-21(24(33)23(18)32)29-7-9-30(10-8-29)26(34)22(31)16-12-27-20-19(16)17(36-2)13-28-25(20)37-3/h4-6,11-13,27H,7-10H2,1-3H3. The van der Waals surface area contributed by atoms with Gasteiger partial charge in [0.15, 0.2) is 0 Å². The molecule has 190 valence electrons. The van der Waals surface area contributed by atoms with Crippen molar-refractivity contribution in [2.75, 3.05) is 52.4 Å². The zero-order valence-corrected chi connectivity index (χ0v) is 20.5. The topological polar surface area (TPSA) is 131 Å². The Morgan fingerprint density at radius 2 is 1.73 bits per heavy atom. The Labute approximate surface area is 210 Å². The van der Waals surface area contributed by atoms with Gasteiger partial charge in [0.2, 0.25) is 16.7 Å². The fourth-order valence-corrected chi connectivity index (χ4v) is 4.70. The molecule has 0 bridgehead atoms. The minimum atomic E-state index is -0.697. The Balaban J connectivity index is 1.35. The third-order valence-corrected chi connectivity index (χ3v) is 6.62. The number of anilines is 1. The number of H-pyrrole nitrogens is 1. The predicted octanol–water partition coefficient (Wildman–Crippen LogP) is 1.38. The summed E-state index contributed by atoms with van der Waals surface area (Å²) in [6.45, 7) is 1.03. The Morgan fingerprint density at radius 3 is 2.41 bits per heavy atom. The number of carbonyl (C=O) groups excluding carboxylic acids is 2. The number of rotatable bonds is 7. The highest BCUT2D eigenvalue weighted by Crippen LogP contribution is 2.34. The monoisotopic (exact) mass is 504 g/mol. The van der Waals surface area contributed by atoms with Crippen LogP contribution in [0.5, 0.6) is 17.4 Å². The molecule has 1 amide bonds. The van der Waals surface area contributed by atoms with Gasteiger partial charge >= 0.3 is 0 Å². The smallest absolute Gasteiger partial charge is 0.295 e. The van der Waals surface area contributed by atoms with Gasteiger partial charge in [-0.3, -0.25) is 19.2 Å². The number of Topliss-reactive ketones (excluding diaryl/α,β-unsaturated/α-hetero) is 1. The number of amides is 1. The van der Waals surface area contributed by atoms with Gasteiger partial charge in [0, 0.05) is 32.4 Å². The van der Waals surface area contributed by atoms with Gasteiger partial charge in [-0.1, -0.05) is 12.1 Å². The Morgan fingerprint density at radius 1 is 0.973 bits per heavy atom. The van der Waals surface area contributed by atoms with E-state index in [9.17, 15) is 19.2 Å². The summed E-state index contributed by atoms with van der Waals surface area (Å²) < 4.78 is 15.8. The molecule has 0 aliphatic carbocycles. The summed E-state index contributed by atoms with van der Waals surface area (Å²) in [5, 5.41) is 0.415. The normalized spacial score (nSPS) is 13.7. The van der Waals surface area contributed by atoms with Crippen LogP contribution in [0.4, 0.5) is 5.69 Å². The summed E-state index contributed by atoms with van der Waals surface area (Å²) >= 11 is 0. The summed E-state index contributed by atoms with van der Waals surface area (Å²) in [7, 11) is 4.43. The Kier molecular flexibility index (Phi) is 6.12. The first kappa shape index (κ1) is 24.0. The van der Waals surface area contributed by atoms with Gasteiger partial charge in [-0.15, -0.1) is 0 Å². The van der Waals surface area contributed by atoms with E-state index in [2.05, 4.69) is 9.97 Å². The molecule has 2 aromatic carbocycles. The average molecular weight is 504 g/mol. The van der Waals surface area contributed by atoms with Gasteiger partial charge in [0.05, 0.1) is 44.0 Å². The number of aromatic nitrogens is 2. The number of pyridine rings is 1. The molecule has 37 heavy (non-hydrogen) atoms. The van der Waals surface area contributed by atoms with Crippen LogP contribution in [0.1, 0.15) is 10.4 Å². The van der Waals surface area contributed by atoms with E-state index < -0.39 is 22.5 Å². The average Bonchev–Trinajstić information content (AvgIpc) is 3.39. The second-order valence-electron chi connectivity index (χ2n) is 8.51. The molecular weight excluding hydrogens is 480 g/mol. The van der Waals surface area contributed by atoms with Crippen LogP contribution in [0.15, 0.2) is 46.2 Å². The van der Waals surface area contributed by atoms with Crippen molar-refractivity contribution in [1.82, 2.24) is 14.9 Å². The zero-order chi connectivity index (χ0) is 26.3. The van der Waals surface area contributed by atoms with Gasteiger partial charge in [-0.25, -0.2) is 4.98 Å². The van der Waals surface area contributed by atoms with Crippen LogP contribution in [0.25, 0.3) is 22.0 Å². The lowest BCUT2D eigenvalue weighted by atomic mass is 9.97. The maximum atomic E-state index is 13.2. The second-order valence-corrected chi connectivity index (χ2v) is 8.51. The third-order valence-electron chi connectivity index (χ3n) is 6.62. The van der Waals surface area contributed by atoms with E-state index in [-0.39, 0.29) is 24.5 Å². The minimum Gasteiger partial charge on any atom is -0.497 e. The van der Waals surface area contributed by atoms with Crippen molar-refractivity contribution in [1.29, 1.82) is 0 Å². The van der Waals surface area contributed by atoms with Gasteiger partial charge in [-0.05, 0) is 17.7 Å². The molecule has 0 saturated carbocycles. The lowest BCUT2D eigenvalue weighted by Crippen LogP contribution is -2.54.